The lowest BCUT2D eigenvalue weighted by molar-refractivity contribution is -0.142. The molecule has 0 bridgehead atoms. The number of carboxylic acids is 1. The molecule has 0 aliphatic heterocycles. The van der Waals surface area contributed by atoms with Gasteiger partial charge < -0.3 is 9.84 Å². The molecular weight excluding hydrogens is 296 g/mol. The summed E-state index contributed by atoms with van der Waals surface area (Å²) >= 11 is 0. The lowest BCUT2D eigenvalue weighted by Gasteiger charge is -2.25. The van der Waals surface area contributed by atoms with Gasteiger partial charge in [0.1, 0.15) is 12.6 Å². The molecule has 1 atom stereocenters. The van der Waals surface area contributed by atoms with Gasteiger partial charge in [0, 0.05) is 12.4 Å². The highest BCUT2D eigenvalue weighted by Gasteiger charge is 2.27. The molecule has 0 fully saturated rings. The molecule has 6 nitrogen and oxygen atoms in total. The van der Waals surface area contributed by atoms with Crippen LogP contribution in [-0.2, 0) is 22.7 Å². The smallest absolute Gasteiger partial charge is 0.411 e. The van der Waals surface area contributed by atoms with E-state index in [1.807, 2.05) is 30.3 Å². The molecule has 6 heteroatoms. The number of benzene rings is 1. The largest absolute Gasteiger partial charge is 0.480 e. The lowest BCUT2D eigenvalue weighted by Crippen LogP contribution is -2.43. The van der Waals surface area contributed by atoms with Crippen LogP contribution in [0.15, 0.2) is 54.9 Å². The van der Waals surface area contributed by atoms with E-state index in [0.717, 1.165) is 11.1 Å². The summed E-state index contributed by atoms with van der Waals surface area (Å²) in [4.78, 5) is 28.7. The van der Waals surface area contributed by atoms with Crippen molar-refractivity contribution in [3.8, 4) is 0 Å². The Kier molecular flexibility index (Phi) is 5.68. The van der Waals surface area contributed by atoms with Gasteiger partial charge in [-0.25, -0.2) is 9.59 Å². The van der Waals surface area contributed by atoms with E-state index in [9.17, 15) is 14.7 Å². The van der Waals surface area contributed by atoms with Gasteiger partial charge in [-0.2, -0.15) is 0 Å². The molecule has 23 heavy (non-hydrogen) atoms. The summed E-state index contributed by atoms with van der Waals surface area (Å²) in [7, 11) is 0. The number of hydrogen-bond donors (Lipinski definition) is 1. The Morgan fingerprint density at radius 3 is 2.48 bits per heavy atom. The Morgan fingerprint density at radius 1 is 1.17 bits per heavy atom. The van der Waals surface area contributed by atoms with E-state index in [-0.39, 0.29) is 13.2 Å². The molecule has 0 radical (unpaired) electrons. The predicted octanol–water partition coefficient (Wildman–Crippen LogP) is 2.69. The minimum atomic E-state index is -1.09. The first-order valence-electron chi connectivity index (χ1n) is 7.17. The molecule has 1 amide bonds. The van der Waals surface area contributed by atoms with Gasteiger partial charge in [-0.15, -0.1) is 0 Å². The average Bonchev–Trinajstić information content (AvgIpc) is 2.58. The zero-order valence-corrected chi connectivity index (χ0v) is 12.8. The number of ether oxygens (including phenoxy) is 1. The third kappa shape index (κ3) is 4.81. The van der Waals surface area contributed by atoms with E-state index in [1.165, 1.54) is 11.8 Å². The molecule has 0 aliphatic carbocycles. The van der Waals surface area contributed by atoms with Gasteiger partial charge in [0.2, 0.25) is 0 Å². The Morgan fingerprint density at radius 2 is 1.87 bits per heavy atom. The highest BCUT2D eigenvalue weighted by molar-refractivity contribution is 5.79. The molecule has 1 N–H and O–H groups in total. The number of rotatable bonds is 6. The van der Waals surface area contributed by atoms with Gasteiger partial charge in [-0.1, -0.05) is 36.4 Å². The van der Waals surface area contributed by atoms with Crippen molar-refractivity contribution in [1.82, 2.24) is 9.88 Å². The molecule has 1 aromatic carbocycles. The van der Waals surface area contributed by atoms with Crippen LogP contribution in [-0.4, -0.2) is 33.1 Å². The van der Waals surface area contributed by atoms with Crippen LogP contribution < -0.4 is 0 Å². The summed E-state index contributed by atoms with van der Waals surface area (Å²) in [6.07, 6.45) is 2.53. The molecule has 1 aromatic heterocycles. The van der Waals surface area contributed by atoms with Crippen molar-refractivity contribution >= 4 is 12.1 Å². The van der Waals surface area contributed by atoms with Gasteiger partial charge in [-0.3, -0.25) is 9.88 Å². The van der Waals surface area contributed by atoms with Crippen LogP contribution in [0.3, 0.4) is 0 Å². The number of carbonyl (C=O) groups is 2. The van der Waals surface area contributed by atoms with E-state index >= 15 is 0 Å². The van der Waals surface area contributed by atoms with Crippen LogP contribution >= 0.6 is 0 Å². The van der Waals surface area contributed by atoms with Crippen LogP contribution in [0.2, 0.25) is 0 Å². The predicted molar refractivity (Wildman–Crippen MR) is 83.5 cm³/mol. The minimum Gasteiger partial charge on any atom is -0.480 e. The summed E-state index contributed by atoms with van der Waals surface area (Å²) in [5.74, 6) is -1.09. The summed E-state index contributed by atoms with van der Waals surface area (Å²) in [5, 5.41) is 9.20. The molecule has 0 aliphatic rings. The second-order valence-corrected chi connectivity index (χ2v) is 5.04. The van der Waals surface area contributed by atoms with E-state index < -0.39 is 18.1 Å². The van der Waals surface area contributed by atoms with Crippen LogP contribution in [0.25, 0.3) is 0 Å². The van der Waals surface area contributed by atoms with Gasteiger partial charge in [0.25, 0.3) is 0 Å². The van der Waals surface area contributed by atoms with Crippen molar-refractivity contribution in [1.29, 1.82) is 0 Å². The number of pyridine rings is 1. The summed E-state index contributed by atoms with van der Waals surface area (Å²) in [6, 6.07) is 11.7. The first-order valence-corrected chi connectivity index (χ1v) is 7.17. The van der Waals surface area contributed by atoms with Gasteiger partial charge in [-0.05, 0) is 24.1 Å². The summed E-state index contributed by atoms with van der Waals surface area (Å²) in [5.41, 5.74) is 1.57. The molecule has 0 spiro atoms. The van der Waals surface area contributed by atoms with Crippen LogP contribution in [0.5, 0.6) is 0 Å². The van der Waals surface area contributed by atoms with Crippen molar-refractivity contribution in [3.05, 3.63) is 66.0 Å². The van der Waals surface area contributed by atoms with E-state index in [2.05, 4.69) is 4.98 Å². The molecule has 2 aromatic rings. The molecule has 0 saturated carbocycles. The second-order valence-electron chi connectivity index (χ2n) is 5.04. The number of amides is 1. The fourth-order valence-corrected chi connectivity index (χ4v) is 1.98. The van der Waals surface area contributed by atoms with Crippen molar-refractivity contribution in [2.75, 3.05) is 0 Å². The van der Waals surface area contributed by atoms with Gasteiger partial charge >= 0.3 is 12.1 Å². The molecule has 1 unspecified atom stereocenters. The first kappa shape index (κ1) is 16.5. The van der Waals surface area contributed by atoms with E-state index in [0.29, 0.717) is 0 Å². The van der Waals surface area contributed by atoms with E-state index in [4.69, 9.17) is 4.74 Å². The standard InChI is InChI=1S/C17H18N2O4/c1-13(16(20)21)19(11-15-8-5-9-18-10-15)17(22)23-12-14-6-3-2-4-7-14/h2-10,13H,11-12H2,1H3,(H,20,21). The summed E-state index contributed by atoms with van der Waals surface area (Å²) < 4.78 is 5.24. The molecule has 0 saturated heterocycles. The number of nitrogens with zero attached hydrogens (tertiary/aromatic N) is 2. The molecular formula is C17H18N2O4. The quantitative estimate of drug-likeness (QED) is 0.886. The summed E-state index contributed by atoms with van der Waals surface area (Å²) in [6.45, 7) is 1.66. The van der Waals surface area contributed by atoms with Crippen LogP contribution in [0.4, 0.5) is 4.79 Å². The SMILES string of the molecule is CC(C(=O)O)N(Cc1cccnc1)C(=O)OCc1ccccc1. The second kappa shape index (κ2) is 7.93. The van der Waals surface area contributed by atoms with Gasteiger partial charge in [0.15, 0.2) is 0 Å². The fourth-order valence-electron chi connectivity index (χ4n) is 1.98. The lowest BCUT2D eigenvalue weighted by atomic mass is 10.2. The maximum absolute atomic E-state index is 12.3. The Labute approximate surface area is 134 Å². The van der Waals surface area contributed by atoms with Crippen molar-refractivity contribution in [3.63, 3.8) is 0 Å². The Bertz CT molecular complexity index is 646. The Balaban J connectivity index is 2.06. The van der Waals surface area contributed by atoms with Crippen molar-refractivity contribution in [2.45, 2.75) is 26.1 Å². The maximum Gasteiger partial charge on any atom is 0.411 e. The Hall–Kier alpha value is -2.89. The first-order chi connectivity index (χ1) is 11.1. The number of carboxylic acid groups (broad SMARTS) is 1. The normalized spacial score (nSPS) is 11.5. The highest BCUT2D eigenvalue weighted by atomic mass is 16.6. The van der Waals surface area contributed by atoms with Crippen LogP contribution in [0.1, 0.15) is 18.1 Å². The molecule has 120 valence electrons. The third-order valence-corrected chi connectivity index (χ3v) is 3.34. The zero-order valence-electron chi connectivity index (χ0n) is 12.8. The van der Waals surface area contributed by atoms with Crippen LogP contribution in [0, 0.1) is 0 Å². The minimum absolute atomic E-state index is 0.0928. The number of aliphatic carboxylic acids is 1. The fraction of sp³-hybridized carbons (Fsp3) is 0.235. The van der Waals surface area contributed by atoms with Crippen molar-refractivity contribution in [2.24, 2.45) is 0 Å². The number of aromatic nitrogens is 1. The van der Waals surface area contributed by atoms with Crippen molar-refractivity contribution < 1.29 is 19.4 Å². The zero-order chi connectivity index (χ0) is 16.7. The maximum atomic E-state index is 12.3. The average molecular weight is 314 g/mol. The van der Waals surface area contributed by atoms with Gasteiger partial charge in [0.05, 0.1) is 6.54 Å². The monoisotopic (exact) mass is 314 g/mol. The number of carbonyl (C=O) groups excluding carboxylic acids is 1. The number of hydrogen-bond acceptors (Lipinski definition) is 4. The highest BCUT2D eigenvalue weighted by Crippen LogP contribution is 2.11. The molecule has 2 rings (SSSR count). The van der Waals surface area contributed by atoms with E-state index in [1.54, 1.807) is 24.5 Å². The molecule has 1 heterocycles. The third-order valence-electron chi connectivity index (χ3n) is 3.34. The topological polar surface area (TPSA) is 79.7 Å².